The summed E-state index contributed by atoms with van der Waals surface area (Å²) >= 11 is 0. The summed E-state index contributed by atoms with van der Waals surface area (Å²) in [5, 5.41) is 5.34. The standard InChI is InChI=1S/C15H21N3O/c1-16-13-5-6-14-12(11-13)7-8-17-15(14)19-10-4-9-18(2)3/h5-8,11,16H,4,9-10H2,1-3H3. The van der Waals surface area contributed by atoms with E-state index in [0.717, 1.165) is 35.3 Å². The summed E-state index contributed by atoms with van der Waals surface area (Å²) in [7, 11) is 6.05. The molecular weight excluding hydrogens is 238 g/mol. The Labute approximate surface area is 114 Å². The molecule has 19 heavy (non-hydrogen) atoms. The highest BCUT2D eigenvalue weighted by atomic mass is 16.5. The third-order valence-corrected chi connectivity index (χ3v) is 3.00. The van der Waals surface area contributed by atoms with Crippen molar-refractivity contribution in [3.8, 4) is 5.88 Å². The summed E-state index contributed by atoms with van der Waals surface area (Å²) in [5.74, 6) is 0.721. The third-order valence-electron chi connectivity index (χ3n) is 3.00. The number of benzene rings is 1. The van der Waals surface area contributed by atoms with Crippen molar-refractivity contribution in [1.29, 1.82) is 0 Å². The van der Waals surface area contributed by atoms with Crippen molar-refractivity contribution in [2.24, 2.45) is 0 Å². The highest BCUT2D eigenvalue weighted by molar-refractivity contribution is 5.89. The van der Waals surface area contributed by atoms with Gasteiger partial charge in [0.25, 0.3) is 0 Å². The van der Waals surface area contributed by atoms with Crippen molar-refractivity contribution in [2.75, 3.05) is 39.6 Å². The van der Waals surface area contributed by atoms with Crippen LogP contribution in [0.25, 0.3) is 10.8 Å². The molecule has 0 amide bonds. The fourth-order valence-corrected chi connectivity index (χ4v) is 1.97. The van der Waals surface area contributed by atoms with Crippen molar-refractivity contribution in [3.05, 3.63) is 30.5 Å². The molecule has 0 spiro atoms. The molecule has 0 fully saturated rings. The van der Waals surface area contributed by atoms with Crippen LogP contribution in [0.2, 0.25) is 0 Å². The van der Waals surface area contributed by atoms with Gasteiger partial charge in [-0.2, -0.15) is 0 Å². The van der Waals surface area contributed by atoms with Crippen LogP contribution in [0, 0.1) is 0 Å². The van der Waals surface area contributed by atoms with Crippen molar-refractivity contribution < 1.29 is 4.74 Å². The molecule has 4 heteroatoms. The van der Waals surface area contributed by atoms with E-state index >= 15 is 0 Å². The lowest BCUT2D eigenvalue weighted by Crippen LogP contribution is -2.15. The number of hydrogen-bond acceptors (Lipinski definition) is 4. The quantitative estimate of drug-likeness (QED) is 0.809. The Morgan fingerprint density at radius 2 is 2.11 bits per heavy atom. The van der Waals surface area contributed by atoms with Crippen LogP contribution in [0.1, 0.15) is 6.42 Å². The lowest BCUT2D eigenvalue weighted by Gasteiger charge is -2.11. The smallest absolute Gasteiger partial charge is 0.221 e. The normalized spacial score (nSPS) is 10.9. The summed E-state index contributed by atoms with van der Waals surface area (Å²) in [6, 6.07) is 8.19. The molecular formula is C15H21N3O. The molecule has 0 saturated heterocycles. The molecule has 1 N–H and O–H groups in total. The fraction of sp³-hybridized carbons (Fsp3) is 0.400. The maximum Gasteiger partial charge on any atom is 0.221 e. The van der Waals surface area contributed by atoms with Gasteiger partial charge in [-0.15, -0.1) is 0 Å². The number of nitrogens with one attached hydrogen (secondary N) is 1. The molecule has 0 aliphatic carbocycles. The maximum atomic E-state index is 5.79. The van der Waals surface area contributed by atoms with Crippen LogP contribution < -0.4 is 10.1 Å². The van der Waals surface area contributed by atoms with Crippen LogP contribution in [0.4, 0.5) is 5.69 Å². The van der Waals surface area contributed by atoms with Crippen LogP contribution in [-0.4, -0.2) is 44.2 Å². The van der Waals surface area contributed by atoms with Gasteiger partial charge >= 0.3 is 0 Å². The first kappa shape index (κ1) is 13.6. The molecule has 0 saturated carbocycles. The van der Waals surface area contributed by atoms with Gasteiger partial charge in [0.05, 0.1) is 6.61 Å². The number of anilines is 1. The molecule has 102 valence electrons. The Morgan fingerprint density at radius 3 is 2.84 bits per heavy atom. The van der Waals surface area contributed by atoms with Crippen molar-refractivity contribution in [1.82, 2.24) is 9.88 Å². The van der Waals surface area contributed by atoms with E-state index in [1.807, 2.05) is 19.2 Å². The maximum absolute atomic E-state index is 5.79. The Hall–Kier alpha value is -1.81. The Morgan fingerprint density at radius 1 is 1.26 bits per heavy atom. The summed E-state index contributed by atoms with van der Waals surface area (Å²) in [6.45, 7) is 1.72. The number of pyridine rings is 1. The predicted molar refractivity (Wildman–Crippen MR) is 80.0 cm³/mol. The molecule has 2 rings (SSSR count). The van der Waals surface area contributed by atoms with Crippen LogP contribution in [-0.2, 0) is 0 Å². The van der Waals surface area contributed by atoms with Gasteiger partial charge in [-0.25, -0.2) is 4.98 Å². The Bertz CT molecular complexity index is 540. The molecule has 0 unspecified atom stereocenters. The molecule has 1 aromatic heterocycles. The van der Waals surface area contributed by atoms with E-state index in [1.54, 1.807) is 6.20 Å². The Kier molecular flexibility index (Phi) is 4.58. The van der Waals surface area contributed by atoms with E-state index in [-0.39, 0.29) is 0 Å². The molecule has 1 heterocycles. The lowest BCUT2D eigenvalue weighted by atomic mass is 10.1. The van der Waals surface area contributed by atoms with Gasteiger partial charge in [-0.1, -0.05) is 0 Å². The number of aromatic nitrogens is 1. The number of nitrogens with zero attached hydrogens (tertiary/aromatic N) is 2. The minimum absolute atomic E-state index is 0.693. The van der Waals surface area contributed by atoms with Gasteiger partial charge in [0.1, 0.15) is 0 Å². The highest BCUT2D eigenvalue weighted by Crippen LogP contribution is 2.25. The molecule has 0 radical (unpaired) electrons. The van der Waals surface area contributed by atoms with Gasteiger partial charge in [-0.05, 0) is 50.2 Å². The molecule has 0 bridgehead atoms. The average molecular weight is 259 g/mol. The van der Waals surface area contributed by atoms with Gasteiger partial charge < -0.3 is 15.0 Å². The Balaban J connectivity index is 2.10. The summed E-state index contributed by atoms with van der Waals surface area (Å²) in [5.41, 5.74) is 1.09. The average Bonchev–Trinajstić information content (AvgIpc) is 2.42. The second kappa shape index (κ2) is 6.38. The van der Waals surface area contributed by atoms with E-state index in [9.17, 15) is 0 Å². The third kappa shape index (κ3) is 3.58. The second-order valence-electron chi connectivity index (χ2n) is 4.81. The molecule has 2 aromatic rings. The SMILES string of the molecule is CNc1ccc2c(OCCCN(C)C)nccc2c1. The molecule has 1 aromatic carbocycles. The van der Waals surface area contributed by atoms with Gasteiger partial charge in [0, 0.05) is 30.9 Å². The topological polar surface area (TPSA) is 37.4 Å². The monoisotopic (exact) mass is 259 g/mol. The van der Waals surface area contributed by atoms with E-state index in [4.69, 9.17) is 4.74 Å². The van der Waals surface area contributed by atoms with Gasteiger partial charge in [0.2, 0.25) is 5.88 Å². The van der Waals surface area contributed by atoms with E-state index in [1.165, 1.54) is 0 Å². The fourth-order valence-electron chi connectivity index (χ4n) is 1.97. The number of rotatable bonds is 6. The highest BCUT2D eigenvalue weighted by Gasteiger charge is 2.04. The summed E-state index contributed by atoms with van der Waals surface area (Å²) < 4.78 is 5.79. The van der Waals surface area contributed by atoms with E-state index in [0.29, 0.717) is 6.61 Å². The van der Waals surface area contributed by atoms with Crippen LogP contribution >= 0.6 is 0 Å². The molecule has 0 aliphatic rings. The van der Waals surface area contributed by atoms with E-state index in [2.05, 4.69) is 41.4 Å². The van der Waals surface area contributed by atoms with Gasteiger partial charge in [-0.3, -0.25) is 0 Å². The zero-order valence-corrected chi connectivity index (χ0v) is 11.8. The zero-order valence-electron chi connectivity index (χ0n) is 11.8. The summed E-state index contributed by atoms with van der Waals surface area (Å²) in [6.07, 6.45) is 2.79. The first-order valence-corrected chi connectivity index (χ1v) is 6.55. The molecule has 4 nitrogen and oxygen atoms in total. The lowest BCUT2D eigenvalue weighted by molar-refractivity contribution is 0.276. The largest absolute Gasteiger partial charge is 0.477 e. The number of ether oxygens (including phenoxy) is 1. The van der Waals surface area contributed by atoms with Crippen molar-refractivity contribution >= 4 is 16.5 Å². The molecule has 0 atom stereocenters. The number of fused-ring (bicyclic) bond motifs is 1. The van der Waals surface area contributed by atoms with Crippen molar-refractivity contribution in [2.45, 2.75) is 6.42 Å². The minimum atomic E-state index is 0.693. The first-order valence-electron chi connectivity index (χ1n) is 6.55. The zero-order chi connectivity index (χ0) is 13.7. The van der Waals surface area contributed by atoms with E-state index < -0.39 is 0 Å². The van der Waals surface area contributed by atoms with Crippen LogP contribution in [0.15, 0.2) is 30.5 Å². The summed E-state index contributed by atoms with van der Waals surface area (Å²) in [4.78, 5) is 6.47. The predicted octanol–water partition coefficient (Wildman–Crippen LogP) is 2.61. The number of hydrogen-bond donors (Lipinski definition) is 1. The van der Waals surface area contributed by atoms with Crippen LogP contribution in [0.3, 0.4) is 0 Å². The minimum Gasteiger partial charge on any atom is -0.477 e. The first-order chi connectivity index (χ1) is 9.20. The van der Waals surface area contributed by atoms with Crippen molar-refractivity contribution in [3.63, 3.8) is 0 Å². The second-order valence-corrected chi connectivity index (χ2v) is 4.81. The van der Waals surface area contributed by atoms with Gasteiger partial charge in [0.15, 0.2) is 0 Å². The van der Waals surface area contributed by atoms with Crippen LogP contribution in [0.5, 0.6) is 5.88 Å². The molecule has 0 aliphatic heterocycles.